The Kier molecular flexibility index (Phi) is 4.78. The number of nitrogens with one attached hydrogen (secondary N) is 1. The molecule has 1 aliphatic carbocycles. The first-order valence-electron chi connectivity index (χ1n) is 7.23. The minimum Gasteiger partial charge on any atom is -0.350 e. The van der Waals surface area contributed by atoms with E-state index in [0.717, 1.165) is 12.8 Å². The van der Waals surface area contributed by atoms with Crippen molar-refractivity contribution in [1.82, 2.24) is 10.2 Å². The molecule has 1 saturated heterocycles. The molecule has 1 N–H and O–H groups in total. The lowest BCUT2D eigenvalue weighted by Crippen LogP contribution is -2.52. The molecule has 2 rings (SSSR count). The molecule has 1 fully saturated rings. The number of amides is 2. The maximum absolute atomic E-state index is 12.4. The van der Waals surface area contributed by atoms with Crippen molar-refractivity contribution in [2.24, 2.45) is 5.92 Å². The lowest BCUT2D eigenvalue weighted by atomic mass is 10.0. The lowest BCUT2D eigenvalue weighted by Gasteiger charge is -2.28. The van der Waals surface area contributed by atoms with Crippen molar-refractivity contribution in [3.8, 4) is 0 Å². The van der Waals surface area contributed by atoms with E-state index in [2.05, 4.69) is 17.5 Å². The third-order valence-electron chi connectivity index (χ3n) is 3.55. The Bertz CT molecular complexity index is 415. The van der Waals surface area contributed by atoms with E-state index in [4.69, 9.17) is 0 Å². The fourth-order valence-electron chi connectivity index (χ4n) is 2.57. The molecule has 0 aromatic heterocycles. The first-order chi connectivity index (χ1) is 9.37. The Morgan fingerprint density at radius 2 is 2.15 bits per heavy atom. The van der Waals surface area contributed by atoms with Crippen molar-refractivity contribution >= 4 is 23.6 Å². The summed E-state index contributed by atoms with van der Waals surface area (Å²) < 4.78 is 0. The quantitative estimate of drug-likeness (QED) is 0.812. The van der Waals surface area contributed by atoms with E-state index in [0.29, 0.717) is 24.0 Å². The predicted molar refractivity (Wildman–Crippen MR) is 82.3 cm³/mol. The fourth-order valence-corrected chi connectivity index (χ4v) is 3.75. The Hall–Kier alpha value is -0.970. The van der Waals surface area contributed by atoms with Crippen molar-refractivity contribution in [3.63, 3.8) is 0 Å². The van der Waals surface area contributed by atoms with Gasteiger partial charge in [0, 0.05) is 17.7 Å². The molecular weight excluding hydrogens is 272 g/mol. The van der Waals surface area contributed by atoms with E-state index in [1.54, 1.807) is 16.7 Å². The van der Waals surface area contributed by atoms with Gasteiger partial charge in [0.05, 0.1) is 5.88 Å². The second kappa shape index (κ2) is 6.20. The molecule has 0 saturated carbocycles. The van der Waals surface area contributed by atoms with Crippen molar-refractivity contribution < 1.29 is 9.59 Å². The topological polar surface area (TPSA) is 49.4 Å². The number of nitrogens with zero attached hydrogens (tertiary/aromatic N) is 1. The Morgan fingerprint density at radius 1 is 1.40 bits per heavy atom. The lowest BCUT2D eigenvalue weighted by molar-refractivity contribution is -0.139. The Balaban J connectivity index is 1.94. The smallest absolute Gasteiger partial charge is 0.244 e. The summed E-state index contributed by atoms with van der Waals surface area (Å²) in [5.41, 5.74) is -0.257. The molecule has 1 aliphatic heterocycles. The Morgan fingerprint density at radius 3 is 2.75 bits per heavy atom. The van der Waals surface area contributed by atoms with E-state index < -0.39 is 0 Å². The highest BCUT2D eigenvalue weighted by atomic mass is 32.2. The van der Waals surface area contributed by atoms with Crippen LogP contribution in [0.1, 0.15) is 40.0 Å². The van der Waals surface area contributed by atoms with Gasteiger partial charge < -0.3 is 10.2 Å². The van der Waals surface area contributed by atoms with Gasteiger partial charge in [-0.1, -0.05) is 12.2 Å². The molecule has 2 atom stereocenters. The minimum atomic E-state index is -0.308. The van der Waals surface area contributed by atoms with Crippen LogP contribution in [0.3, 0.4) is 0 Å². The first-order valence-corrected chi connectivity index (χ1v) is 8.38. The molecule has 0 radical (unpaired) electrons. The fraction of sp³-hybridized carbons (Fsp3) is 0.733. The van der Waals surface area contributed by atoms with Gasteiger partial charge in [-0.25, -0.2) is 0 Å². The molecule has 4 nitrogen and oxygen atoms in total. The third-order valence-corrected chi connectivity index (χ3v) is 4.56. The van der Waals surface area contributed by atoms with Gasteiger partial charge in [-0.2, -0.15) is 0 Å². The molecule has 5 heteroatoms. The standard InChI is InChI=1S/C15H24N2O2S/c1-15(2,3)16-14(19)12-9-20-10-17(12)13(18)8-11-6-4-5-7-11/h4,6,11-12H,5,7-10H2,1-3H3,(H,16,19)/t11-,12+/m0/s1. The summed E-state index contributed by atoms with van der Waals surface area (Å²) in [6.07, 6.45) is 6.94. The predicted octanol–water partition coefficient (Wildman–Crippen LogP) is 2.16. The SMILES string of the molecule is CC(C)(C)NC(=O)[C@H]1CSCN1C(=O)C[C@H]1C=CCC1. The number of carbonyl (C=O) groups is 2. The van der Waals surface area contributed by atoms with Gasteiger partial charge in [0.2, 0.25) is 11.8 Å². The van der Waals surface area contributed by atoms with Crippen LogP contribution in [0.25, 0.3) is 0 Å². The molecule has 112 valence electrons. The van der Waals surface area contributed by atoms with Crippen LogP contribution in [0.5, 0.6) is 0 Å². The second-order valence-corrected chi connectivity index (χ2v) is 7.59. The zero-order valence-corrected chi connectivity index (χ0v) is 13.3. The highest BCUT2D eigenvalue weighted by molar-refractivity contribution is 7.99. The highest BCUT2D eigenvalue weighted by Crippen LogP contribution is 2.26. The van der Waals surface area contributed by atoms with Crippen molar-refractivity contribution in [2.45, 2.75) is 51.6 Å². The van der Waals surface area contributed by atoms with E-state index in [9.17, 15) is 9.59 Å². The normalized spacial score (nSPS) is 26.1. The molecule has 1 heterocycles. The van der Waals surface area contributed by atoms with Gasteiger partial charge in [0.25, 0.3) is 0 Å². The maximum Gasteiger partial charge on any atom is 0.244 e. The zero-order chi connectivity index (χ0) is 14.8. The molecule has 2 aliphatic rings. The van der Waals surface area contributed by atoms with E-state index >= 15 is 0 Å². The number of allylic oxidation sites excluding steroid dienone is 2. The van der Waals surface area contributed by atoms with Crippen LogP contribution in [0.4, 0.5) is 0 Å². The van der Waals surface area contributed by atoms with Crippen LogP contribution in [0.2, 0.25) is 0 Å². The van der Waals surface area contributed by atoms with Gasteiger partial charge in [-0.15, -0.1) is 11.8 Å². The molecule has 0 bridgehead atoms. The molecule has 0 aromatic carbocycles. The number of carbonyl (C=O) groups excluding carboxylic acids is 2. The number of hydrogen-bond acceptors (Lipinski definition) is 3. The summed E-state index contributed by atoms with van der Waals surface area (Å²) in [5.74, 6) is 1.78. The average molecular weight is 296 g/mol. The van der Waals surface area contributed by atoms with E-state index in [1.807, 2.05) is 20.8 Å². The molecule has 0 spiro atoms. The van der Waals surface area contributed by atoms with Crippen molar-refractivity contribution in [1.29, 1.82) is 0 Å². The van der Waals surface area contributed by atoms with Gasteiger partial charge in [-0.05, 0) is 39.5 Å². The molecule has 20 heavy (non-hydrogen) atoms. The Labute approximate surface area is 125 Å². The zero-order valence-electron chi connectivity index (χ0n) is 12.5. The van der Waals surface area contributed by atoms with E-state index in [1.165, 1.54) is 0 Å². The summed E-state index contributed by atoms with van der Waals surface area (Å²) in [7, 11) is 0. The average Bonchev–Trinajstić information content (AvgIpc) is 2.96. The molecule has 0 unspecified atom stereocenters. The molecular formula is C15H24N2O2S. The maximum atomic E-state index is 12.4. The van der Waals surface area contributed by atoms with E-state index in [-0.39, 0.29) is 23.4 Å². The van der Waals surface area contributed by atoms with Crippen LogP contribution >= 0.6 is 11.8 Å². The second-order valence-electron chi connectivity index (χ2n) is 6.59. The van der Waals surface area contributed by atoms with Crippen LogP contribution in [-0.4, -0.2) is 39.9 Å². The molecule has 2 amide bonds. The number of thioether (sulfide) groups is 1. The molecule has 0 aromatic rings. The van der Waals surface area contributed by atoms with Crippen LogP contribution in [-0.2, 0) is 9.59 Å². The van der Waals surface area contributed by atoms with Crippen LogP contribution < -0.4 is 5.32 Å². The summed E-state index contributed by atoms with van der Waals surface area (Å²) in [6.45, 7) is 5.88. The number of hydrogen-bond donors (Lipinski definition) is 1. The van der Waals surface area contributed by atoms with Crippen molar-refractivity contribution in [3.05, 3.63) is 12.2 Å². The highest BCUT2D eigenvalue weighted by Gasteiger charge is 2.36. The van der Waals surface area contributed by atoms with Gasteiger partial charge in [0.1, 0.15) is 6.04 Å². The monoisotopic (exact) mass is 296 g/mol. The summed E-state index contributed by atoms with van der Waals surface area (Å²) >= 11 is 1.66. The summed E-state index contributed by atoms with van der Waals surface area (Å²) in [4.78, 5) is 26.4. The minimum absolute atomic E-state index is 0.0298. The first kappa shape index (κ1) is 15.4. The summed E-state index contributed by atoms with van der Waals surface area (Å²) in [6, 6.07) is -0.308. The van der Waals surface area contributed by atoms with Gasteiger partial charge >= 0.3 is 0 Å². The van der Waals surface area contributed by atoms with Gasteiger partial charge in [0.15, 0.2) is 0 Å². The van der Waals surface area contributed by atoms with Crippen LogP contribution in [0, 0.1) is 5.92 Å². The van der Waals surface area contributed by atoms with Crippen LogP contribution in [0.15, 0.2) is 12.2 Å². The van der Waals surface area contributed by atoms with Crippen molar-refractivity contribution in [2.75, 3.05) is 11.6 Å². The third kappa shape index (κ3) is 4.01. The largest absolute Gasteiger partial charge is 0.350 e. The van der Waals surface area contributed by atoms with Gasteiger partial charge in [-0.3, -0.25) is 9.59 Å². The number of rotatable bonds is 3. The summed E-state index contributed by atoms with van der Waals surface area (Å²) in [5, 5.41) is 2.98.